The Hall–Kier alpha value is -1.79. The summed E-state index contributed by atoms with van der Waals surface area (Å²) in [5.74, 6) is -0.0140. The van der Waals surface area contributed by atoms with Crippen LogP contribution in [0, 0.1) is 15.5 Å². The minimum Gasteiger partial charge on any atom is -0.370 e. The van der Waals surface area contributed by atoms with Gasteiger partial charge in [-0.3, -0.25) is 5.41 Å². The van der Waals surface area contributed by atoms with Crippen molar-refractivity contribution in [2.75, 3.05) is 6.54 Å². The van der Waals surface area contributed by atoms with Crippen molar-refractivity contribution < 1.29 is 10.3 Å². The van der Waals surface area contributed by atoms with E-state index in [9.17, 15) is 0 Å². The maximum atomic E-state index is 8.36. The van der Waals surface area contributed by atoms with Crippen LogP contribution >= 0.6 is 0 Å². The third-order valence-corrected chi connectivity index (χ3v) is 0.437. The van der Waals surface area contributed by atoms with Crippen molar-refractivity contribution in [2.45, 2.75) is 0 Å². The highest BCUT2D eigenvalue weighted by atomic mass is 16.9. The summed E-state index contributed by atoms with van der Waals surface area (Å²) in [6.07, 6.45) is 1.64. The minimum atomic E-state index is -1.50. The summed E-state index contributed by atoms with van der Waals surface area (Å²) in [6, 6.07) is 0. The molecule has 0 aliphatic rings. The molecular weight excluding hydrogens is 152 g/mol. The molecule has 0 unspecified atom stereocenters. The Labute approximate surface area is 63.1 Å². The van der Waals surface area contributed by atoms with Crippen molar-refractivity contribution in [3.8, 4) is 0 Å². The van der Waals surface area contributed by atoms with Gasteiger partial charge < -0.3 is 16.3 Å². The third-order valence-electron chi connectivity index (χ3n) is 0.437. The first kappa shape index (κ1) is 11.9. The van der Waals surface area contributed by atoms with Crippen LogP contribution in [-0.2, 0) is 0 Å². The monoisotopic (exact) mass is 162 g/mol. The SMILES string of the molecule is C=CCNC(=N)N.O=[N+]([O-])O. The Morgan fingerprint density at radius 3 is 2.45 bits per heavy atom. The Kier molecular flexibility index (Phi) is 8.91. The predicted molar refractivity (Wildman–Crippen MR) is 38.9 cm³/mol. The lowest BCUT2D eigenvalue weighted by Gasteiger charge is -1.94. The van der Waals surface area contributed by atoms with E-state index in [1.165, 1.54) is 0 Å². The highest BCUT2D eigenvalue weighted by molar-refractivity contribution is 5.74. The van der Waals surface area contributed by atoms with Crippen molar-refractivity contribution in [3.63, 3.8) is 0 Å². The molecule has 0 saturated heterocycles. The fraction of sp³-hybridized carbons (Fsp3) is 0.250. The van der Waals surface area contributed by atoms with Gasteiger partial charge in [0.2, 0.25) is 0 Å². The molecule has 0 aromatic carbocycles. The highest BCUT2D eigenvalue weighted by Crippen LogP contribution is 1.54. The molecule has 64 valence electrons. The topological polar surface area (TPSA) is 125 Å². The van der Waals surface area contributed by atoms with Crippen LogP contribution in [0.5, 0.6) is 0 Å². The summed E-state index contributed by atoms with van der Waals surface area (Å²) in [7, 11) is 0. The fourth-order valence-corrected chi connectivity index (χ4v) is 0.182. The second kappa shape index (κ2) is 8.21. The molecular formula is C4H10N4O3. The van der Waals surface area contributed by atoms with Gasteiger partial charge in [0.1, 0.15) is 0 Å². The zero-order chi connectivity index (χ0) is 9.28. The van der Waals surface area contributed by atoms with Gasteiger partial charge in [0.15, 0.2) is 5.96 Å². The molecule has 0 aliphatic carbocycles. The molecule has 0 fully saturated rings. The fourth-order valence-electron chi connectivity index (χ4n) is 0.182. The van der Waals surface area contributed by atoms with E-state index < -0.39 is 5.09 Å². The number of hydrogen-bond acceptors (Lipinski definition) is 3. The van der Waals surface area contributed by atoms with Crippen molar-refractivity contribution in [2.24, 2.45) is 5.73 Å². The summed E-state index contributed by atoms with van der Waals surface area (Å²) in [5, 5.41) is 22.8. The van der Waals surface area contributed by atoms with Crippen LogP contribution in [0.15, 0.2) is 12.7 Å². The van der Waals surface area contributed by atoms with Gasteiger partial charge in [0.05, 0.1) is 0 Å². The van der Waals surface area contributed by atoms with Crippen LogP contribution in [0.4, 0.5) is 0 Å². The molecule has 0 rings (SSSR count). The van der Waals surface area contributed by atoms with Crippen molar-refractivity contribution >= 4 is 5.96 Å². The van der Waals surface area contributed by atoms with E-state index in [1.807, 2.05) is 0 Å². The summed E-state index contributed by atoms with van der Waals surface area (Å²) in [6.45, 7) is 3.98. The standard InChI is InChI=1S/C4H9N3.HNO3/c1-2-3-7-4(5)6;2-1(3)4/h2H,1,3H2,(H4,5,6,7);(H,2,3,4). The smallest absolute Gasteiger partial charge is 0.291 e. The molecule has 0 atom stereocenters. The molecule has 5 N–H and O–H groups in total. The molecule has 0 saturated carbocycles. The van der Waals surface area contributed by atoms with E-state index in [0.29, 0.717) is 6.54 Å². The van der Waals surface area contributed by atoms with Gasteiger partial charge in [-0.15, -0.1) is 16.7 Å². The first-order valence-electron chi connectivity index (χ1n) is 2.52. The molecule has 11 heavy (non-hydrogen) atoms. The van der Waals surface area contributed by atoms with Crippen LogP contribution < -0.4 is 11.1 Å². The third kappa shape index (κ3) is 64.8. The van der Waals surface area contributed by atoms with E-state index in [4.69, 9.17) is 26.5 Å². The summed E-state index contributed by atoms with van der Waals surface area (Å²) < 4.78 is 0. The Bertz CT molecular complexity index is 142. The highest BCUT2D eigenvalue weighted by Gasteiger charge is 1.76. The number of rotatable bonds is 2. The van der Waals surface area contributed by atoms with Gasteiger partial charge in [-0.25, -0.2) is 0 Å². The molecule has 0 bridgehead atoms. The van der Waals surface area contributed by atoms with E-state index in [2.05, 4.69) is 11.9 Å². The predicted octanol–water partition coefficient (Wildman–Crippen LogP) is -0.692. The lowest BCUT2D eigenvalue weighted by atomic mass is 10.6. The first-order valence-corrected chi connectivity index (χ1v) is 2.52. The van der Waals surface area contributed by atoms with Gasteiger partial charge in [-0.2, -0.15) is 0 Å². The molecule has 0 radical (unpaired) electrons. The van der Waals surface area contributed by atoms with Crippen molar-refractivity contribution in [1.29, 1.82) is 5.41 Å². The summed E-state index contributed by atoms with van der Waals surface area (Å²) in [4.78, 5) is 8.36. The molecule has 0 amide bonds. The molecule has 0 aromatic heterocycles. The van der Waals surface area contributed by atoms with Crippen molar-refractivity contribution in [3.05, 3.63) is 22.8 Å². The van der Waals surface area contributed by atoms with E-state index >= 15 is 0 Å². The van der Waals surface area contributed by atoms with Gasteiger partial charge in [-0.05, 0) is 0 Å². The molecule has 0 heterocycles. The van der Waals surface area contributed by atoms with E-state index in [1.54, 1.807) is 6.08 Å². The first-order chi connectivity index (χ1) is 5.00. The molecule has 7 heteroatoms. The quantitative estimate of drug-likeness (QED) is 0.140. The second-order valence-corrected chi connectivity index (χ2v) is 1.32. The lowest BCUT2D eigenvalue weighted by Crippen LogP contribution is -2.29. The minimum absolute atomic E-state index is 0.0140. The average molecular weight is 162 g/mol. The van der Waals surface area contributed by atoms with Gasteiger partial charge in [0.25, 0.3) is 5.09 Å². The van der Waals surface area contributed by atoms with Crippen LogP contribution in [-0.4, -0.2) is 22.8 Å². The van der Waals surface area contributed by atoms with Gasteiger partial charge in [0, 0.05) is 6.54 Å². The number of nitrogens with two attached hydrogens (primary N) is 1. The number of nitrogens with zero attached hydrogens (tertiary/aromatic N) is 1. The second-order valence-electron chi connectivity index (χ2n) is 1.32. The van der Waals surface area contributed by atoms with E-state index in [0.717, 1.165) is 0 Å². The molecule has 0 aliphatic heterocycles. The van der Waals surface area contributed by atoms with Crippen LogP contribution in [0.25, 0.3) is 0 Å². The van der Waals surface area contributed by atoms with E-state index in [-0.39, 0.29) is 5.96 Å². The number of hydrogen-bond donors (Lipinski definition) is 4. The van der Waals surface area contributed by atoms with Crippen molar-refractivity contribution in [1.82, 2.24) is 5.32 Å². The van der Waals surface area contributed by atoms with Crippen LogP contribution in [0.3, 0.4) is 0 Å². The number of guanidine groups is 1. The molecule has 0 aromatic rings. The Morgan fingerprint density at radius 1 is 2.00 bits per heavy atom. The molecule has 7 nitrogen and oxygen atoms in total. The summed E-state index contributed by atoms with van der Waals surface area (Å²) in [5.41, 5.74) is 4.90. The summed E-state index contributed by atoms with van der Waals surface area (Å²) >= 11 is 0. The Morgan fingerprint density at radius 2 is 2.36 bits per heavy atom. The maximum Gasteiger partial charge on any atom is 0.291 e. The van der Waals surface area contributed by atoms with Gasteiger partial charge in [-0.1, -0.05) is 6.08 Å². The van der Waals surface area contributed by atoms with Crippen LogP contribution in [0.1, 0.15) is 0 Å². The molecule has 0 spiro atoms. The normalized spacial score (nSPS) is 6.91. The van der Waals surface area contributed by atoms with Gasteiger partial charge >= 0.3 is 0 Å². The maximum absolute atomic E-state index is 8.36. The van der Waals surface area contributed by atoms with Crippen LogP contribution in [0.2, 0.25) is 0 Å². The zero-order valence-corrected chi connectivity index (χ0v) is 5.78. The Balaban J connectivity index is 0. The zero-order valence-electron chi connectivity index (χ0n) is 5.78. The largest absolute Gasteiger partial charge is 0.370 e. The average Bonchev–Trinajstić information content (AvgIpc) is 1.82. The number of nitrogens with one attached hydrogen (secondary N) is 2. The lowest BCUT2D eigenvalue weighted by molar-refractivity contribution is -0.742.